The molecule has 0 N–H and O–H groups in total. The number of aromatic nitrogens is 2. The molecule has 0 spiro atoms. The van der Waals surface area contributed by atoms with Gasteiger partial charge >= 0.3 is 0 Å². The number of rotatable bonds is 3. The molecule has 0 aliphatic carbocycles. The number of hydrogen-bond donors (Lipinski definition) is 0. The highest BCUT2D eigenvalue weighted by Gasteiger charge is 2.09. The Morgan fingerprint density at radius 1 is 0.429 bits per heavy atom. The highest BCUT2D eigenvalue weighted by atomic mass is 35.5. The molecule has 0 bridgehead atoms. The van der Waals surface area contributed by atoms with Gasteiger partial charge in [-0.05, 0) is 35.4 Å². The van der Waals surface area contributed by atoms with Gasteiger partial charge in [0.25, 0.3) is 0 Å². The second kappa shape index (κ2) is 9.90. The lowest BCUT2D eigenvalue weighted by molar-refractivity contribution is -0.596. The van der Waals surface area contributed by atoms with E-state index in [1.165, 1.54) is 11.1 Å². The molecule has 0 atom stereocenters. The van der Waals surface area contributed by atoms with Crippen molar-refractivity contribution in [3.05, 3.63) is 108 Å². The van der Waals surface area contributed by atoms with Crippen LogP contribution >= 0.6 is 23.2 Å². The number of pyridine rings is 2. The largest absolute Gasteiger partial charge is 1.00 e. The third-order valence-electron chi connectivity index (χ3n) is 4.24. The van der Waals surface area contributed by atoms with Crippen molar-refractivity contribution >= 4 is 23.2 Å². The SMILES string of the molecule is Clc1ccc(-[n+]2ccc(-c3cc[n+](-c4ccc(Cl)cc4)cc3)cc2)cc1.[Cl-].[Cl-]. The topological polar surface area (TPSA) is 7.76 Å². The van der Waals surface area contributed by atoms with E-state index in [4.69, 9.17) is 23.2 Å². The standard InChI is InChI=1S/C22H16Cl2N2.2ClH/c23-19-1-5-21(6-2-19)25-13-9-17(10-14-25)18-11-15-26(16-12-18)22-7-3-20(24)4-8-22;;/h1-16H;2*1H/q+2;;/p-2. The molecule has 0 saturated heterocycles. The van der Waals surface area contributed by atoms with Crippen molar-refractivity contribution in [3.8, 4) is 22.5 Å². The summed E-state index contributed by atoms with van der Waals surface area (Å²) in [7, 11) is 0. The minimum absolute atomic E-state index is 0. The van der Waals surface area contributed by atoms with Crippen molar-refractivity contribution in [2.45, 2.75) is 0 Å². The smallest absolute Gasteiger partial charge is 0.210 e. The van der Waals surface area contributed by atoms with E-state index < -0.39 is 0 Å². The zero-order valence-corrected chi connectivity index (χ0v) is 17.7. The predicted molar refractivity (Wildman–Crippen MR) is 105 cm³/mol. The molecular weight excluding hydrogens is 434 g/mol. The fourth-order valence-corrected chi connectivity index (χ4v) is 3.06. The second-order valence-electron chi connectivity index (χ2n) is 5.94. The second-order valence-corrected chi connectivity index (χ2v) is 6.81. The molecule has 0 amide bonds. The summed E-state index contributed by atoms with van der Waals surface area (Å²) in [5.41, 5.74) is 4.49. The Kier molecular flexibility index (Phi) is 7.85. The summed E-state index contributed by atoms with van der Waals surface area (Å²) in [4.78, 5) is 0. The van der Waals surface area contributed by atoms with Gasteiger partial charge in [0.05, 0.1) is 0 Å². The highest BCUT2D eigenvalue weighted by molar-refractivity contribution is 6.30. The first-order valence-electron chi connectivity index (χ1n) is 8.24. The third-order valence-corrected chi connectivity index (χ3v) is 4.75. The van der Waals surface area contributed by atoms with Crippen molar-refractivity contribution in [2.24, 2.45) is 0 Å². The lowest BCUT2D eigenvalue weighted by Crippen LogP contribution is -3.00. The molecule has 4 rings (SSSR count). The van der Waals surface area contributed by atoms with E-state index in [0.717, 1.165) is 21.4 Å². The average Bonchev–Trinajstić information content (AvgIpc) is 2.70. The molecule has 0 aliphatic heterocycles. The molecule has 4 aromatic rings. The molecule has 2 aromatic carbocycles. The fourth-order valence-electron chi connectivity index (χ4n) is 2.81. The molecule has 2 nitrogen and oxygen atoms in total. The Bertz CT molecular complexity index is 927. The molecule has 6 heteroatoms. The van der Waals surface area contributed by atoms with Crippen molar-refractivity contribution in [3.63, 3.8) is 0 Å². The number of nitrogens with zero attached hydrogens (tertiary/aromatic N) is 2. The van der Waals surface area contributed by atoms with E-state index in [1.54, 1.807) is 0 Å². The van der Waals surface area contributed by atoms with Crippen molar-refractivity contribution in [1.29, 1.82) is 0 Å². The predicted octanol–water partition coefficient (Wildman–Crippen LogP) is -0.778. The summed E-state index contributed by atoms with van der Waals surface area (Å²) in [6.45, 7) is 0. The Morgan fingerprint density at radius 2 is 0.714 bits per heavy atom. The van der Waals surface area contributed by atoms with Gasteiger partial charge in [0.15, 0.2) is 24.8 Å². The highest BCUT2D eigenvalue weighted by Crippen LogP contribution is 2.17. The monoisotopic (exact) mass is 448 g/mol. The lowest BCUT2D eigenvalue weighted by atomic mass is 10.1. The van der Waals surface area contributed by atoms with Crippen LogP contribution in [0.1, 0.15) is 0 Å². The Balaban J connectivity index is 0.00000140. The molecule has 0 radical (unpaired) electrons. The van der Waals surface area contributed by atoms with E-state index in [0.29, 0.717) is 0 Å². The summed E-state index contributed by atoms with van der Waals surface area (Å²) in [6, 6.07) is 24.0. The van der Waals surface area contributed by atoms with Crippen molar-refractivity contribution in [1.82, 2.24) is 0 Å². The quantitative estimate of drug-likeness (QED) is 0.362. The van der Waals surface area contributed by atoms with Gasteiger partial charge in [-0.15, -0.1) is 0 Å². The van der Waals surface area contributed by atoms with Gasteiger partial charge in [-0.3, -0.25) is 0 Å². The maximum atomic E-state index is 5.95. The lowest BCUT2D eigenvalue weighted by Gasteiger charge is -2.01. The van der Waals surface area contributed by atoms with Crippen LogP contribution in [0.2, 0.25) is 10.0 Å². The maximum Gasteiger partial charge on any atom is 0.210 e. The average molecular weight is 450 g/mol. The van der Waals surface area contributed by atoms with E-state index in [-0.39, 0.29) is 24.8 Å². The van der Waals surface area contributed by atoms with Crippen molar-refractivity contribution < 1.29 is 33.9 Å². The van der Waals surface area contributed by atoms with Gasteiger partial charge in [0, 0.05) is 58.6 Å². The zero-order valence-electron chi connectivity index (χ0n) is 14.6. The van der Waals surface area contributed by atoms with Crippen LogP contribution in [0.5, 0.6) is 0 Å². The maximum absolute atomic E-state index is 5.95. The fraction of sp³-hybridized carbons (Fsp3) is 0. The molecule has 0 aliphatic rings. The van der Waals surface area contributed by atoms with Crippen LogP contribution in [0.4, 0.5) is 0 Å². The summed E-state index contributed by atoms with van der Waals surface area (Å²) in [6.07, 6.45) is 8.22. The summed E-state index contributed by atoms with van der Waals surface area (Å²) < 4.78 is 4.13. The van der Waals surface area contributed by atoms with Gasteiger partial charge in [0.1, 0.15) is 0 Å². The normalized spacial score (nSPS) is 9.93. The van der Waals surface area contributed by atoms with Gasteiger partial charge in [-0.2, -0.15) is 9.13 Å². The summed E-state index contributed by atoms with van der Waals surface area (Å²) in [5.74, 6) is 0. The third kappa shape index (κ3) is 5.03. The van der Waals surface area contributed by atoms with Crippen LogP contribution in [0.3, 0.4) is 0 Å². The van der Waals surface area contributed by atoms with Crippen LogP contribution in [0.25, 0.3) is 22.5 Å². The molecule has 142 valence electrons. The Morgan fingerprint density at radius 3 is 1.00 bits per heavy atom. The van der Waals surface area contributed by atoms with Crippen molar-refractivity contribution in [2.75, 3.05) is 0 Å². The molecule has 28 heavy (non-hydrogen) atoms. The first-order chi connectivity index (χ1) is 12.7. The first-order valence-corrected chi connectivity index (χ1v) is 8.99. The van der Waals surface area contributed by atoms with E-state index in [1.807, 2.05) is 48.5 Å². The van der Waals surface area contributed by atoms with Crippen LogP contribution in [0.15, 0.2) is 97.6 Å². The summed E-state index contributed by atoms with van der Waals surface area (Å²) in [5, 5.41) is 1.48. The minimum atomic E-state index is 0. The van der Waals surface area contributed by atoms with E-state index >= 15 is 0 Å². The first kappa shape index (κ1) is 22.2. The Hall–Kier alpha value is -2.10. The van der Waals surface area contributed by atoms with E-state index in [9.17, 15) is 0 Å². The number of hydrogen-bond acceptors (Lipinski definition) is 0. The van der Waals surface area contributed by atoms with Gasteiger partial charge in [-0.1, -0.05) is 23.2 Å². The van der Waals surface area contributed by atoms with Crippen LogP contribution in [-0.2, 0) is 0 Å². The summed E-state index contributed by atoms with van der Waals surface area (Å²) >= 11 is 11.9. The minimum Gasteiger partial charge on any atom is -1.00 e. The molecule has 0 saturated carbocycles. The van der Waals surface area contributed by atoms with Gasteiger partial charge in [-0.25, -0.2) is 0 Å². The number of benzene rings is 2. The van der Waals surface area contributed by atoms with Crippen LogP contribution < -0.4 is 33.9 Å². The zero-order chi connectivity index (χ0) is 17.9. The van der Waals surface area contributed by atoms with Crippen LogP contribution in [-0.4, -0.2) is 0 Å². The van der Waals surface area contributed by atoms with Crippen LogP contribution in [0, 0.1) is 0 Å². The van der Waals surface area contributed by atoms with Gasteiger partial charge < -0.3 is 24.8 Å². The molecule has 2 heterocycles. The Labute approximate surface area is 186 Å². The molecule has 0 unspecified atom stereocenters. The molecule has 0 fully saturated rings. The number of halogens is 4. The molecular formula is C22H16Cl4N2. The van der Waals surface area contributed by atoms with Gasteiger partial charge in [0.2, 0.25) is 11.4 Å². The molecule has 2 aromatic heterocycles. The van der Waals surface area contributed by atoms with E-state index in [2.05, 4.69) is 58.2 Å².